The molecule has 2 atom stereocenters. The van der Waals surface area contributed by atoms with Crippen LogP contribution < -0.4 is 5.32 Å². The first-order valence-corrected chi connectivity index (χ1v) is 11.6. The van der Waals surface area contributed by atoms with Crippen molar-refractivity contribution in [3.8, 4) is 11.4 Å². The Kier molecular flexibility index (Phi) is 5.20. The van der Waals surface area contributed by atoms with Crippen LogP contribution in [-0.2, 0) is 9.84 Å². The molecule has 2 unspecified atom stereocenters. The molecule has 1 aliphatic rings. The third kappa shape index (κ3) is 4.09. The average molecular weight is 440 g/mol. The zero-order chi connectivity index (χ0) is 19.9. The van der Waals surface area contributed by atoms with Crippen molar-refractivity contribution in [1.82, 2.24) is 19.8 Å². The summed E-state index contributed by atoms with van der Waals surface area (Å²) in [7, 11) is -3.04. The van der Waals surface area contributed by atoms with Crippen LogP contribution in [0.1, 0.15) is 25.7 Å². The van der Waals surface area contributed by atoms with E-state index in [0.717, 1.165) is 12.8 Å². The molecule has 28 heavy (non-hydrogen) atoms. The lowest BCUT2D eigenvalue weighted by atomic mass is 9.95. The lowest BCUT2D eigenvalue weighted by molar-refractivity contribution is 0.452. The molecule has 2 aromatic heterocycles. The van der Waals surface area contributed by atoms with Gasteiger partial charge in [-0.2, -0.15) is 4.52 Å². The fourth-order valence-electron chi connectivity index (χ4n) is 3.60. The van der Waals surface area contributed by atoms with Gasteiger partial charge >= 0.3 is 0 Å². The fraction of sp³-hybridized carbons (Fsp3) is 0.389. The largest absolute Gasteiger partial charge is 0.366 e. The number of benzene rings is 1. The van der Waals surface area contributed by atoms with Crippen LogP contribution in [0.3, 0.4) is 0 Å². The Balaban J connectivity index is 1.63. The zero-order valence-corrected chi connectivity index (χ0v) is 17.5. The van der Waals surface area contributed by atoms with Crippen LogP contribution in [0.25, 0.3) is 17.0 Å². The van der Waals surface area contributed by atoms with Gasteiger partial charge < -0.3 is 5.32 Å². The summed E-state index contributed by atoms with van der Waals surface area (Å²) in [6.07, 6.45) is 4.39. The van der Waals surface area contributed by atoms with Crippen molar-refractivity contribution in [1.29, 1.82) is 0 Å². The van der Waals surface area contributed by atoms with Gasteiger partial charge in [0.2, 0.25) is 0 Å². The predicted molar refractivity (Wildman–Crippen MR) is 111 cm³/mol. The molecule has 0 aliphatic heterocycles. The number of hydrogen-bond acceptors (Lipinski definition) is 6. The van der Waals surface area contributed by atoms with Crippen LogP contribution >= 0.6 is 23.2 Å². The van der Waals surface area contributed by atoms with E-state index in [2.05, 4.69) is 20.6 Å². The molecule has 4 rings (SSSR count). The minimum Gasteiger partial charge on any atom is -0.366 e. The van der Waals surface area contributed by atoms with Crippen molar-refractivity contribution < 1.29 is 8.42 Å². The minimum atomic E-state index is -3.04. The van der Waals surface area contributed by atoms with Crippen molar-refractivity contribution in [2.24, 2.45) is 0 Å². The number of aromatic nitrogens is 4. The van der Waals surface area contributed by atoms with E-state index in [1.807, 2.05) is 12.1 Å². The number of sulfone groups is 1. The Morgan fingerprint density at radius 1 is 1.11 bits per heavy atom. The molecule has 1 fully saturated rings. The number of nitrogens with one attached hydrogen (secondary N) is 1. The highest BCUT2D eigenvalue weighted by molar-refractivity contribution is 7.91. The summed E-state index contributed by atoms with van der Waals surface area (Å²) in [4.78, 5) is 0. The Hall–Kier alpha value is -1.90. The van der Waals surface area contributed by atoms with Crippen LogP contribution in [-0.4, -0.2) is 45.8 Å². The van der Waals surface area contributed by atoms with Crippen molar-refractivity contribution in [2.75, 3.05) is 11.6 Å². The highest BCUT2D eigenvalue weighted by Crippen LogP contribution is 2.28. The van der Waals surface area contributed by atoms with Gasteiger partial charge in [0.05, 0.1) is 5.25 Å². The molecule has 0 spiro atoms. The van der Waals surface area contributed by atoms with Gasteiger partial charge in [0, 0.05) is 27.9 Å². The van der Waals surface area contributed by atoms with Crippen LogP contribution in [0.2, 0.25) is 10.0 Å². The molecule has 3 aromatic rings. The summed E-state index contributed by atoms with van der Waals surface area (Å²) in [5, 5.41) is 17.0. The molecule has 0 saturated heterocycles. The summed E-state index contributed by atoms with van der Waals surface area (Å²) in [6.45, 7) is 0. The molecule has 1 aliphatic carbocycles. The van der Waals surface area contributed by atoms with Crippen LogP contribution in [0.5, 0.6) is 0 Å². The first-order chi connectivity index (χ1) is 13.3. The number of fused-ring (bicyclic) bond motifs is 1. The van der Waals surface area contributed by atoms with Gasteiger partial charge in [-0.1, -0.05) is 29.6 Å². The van der Waals surface area contributed by atoms with Crippen molar-refractivity contribution in [3.05, 3.63) is 40.4 Å². The van der Waals surface area contributed by atoms with Gasteiger partial charge in [-0.25, -0.2) is 8.42 Å². The predicted octanol–water partition coefficient (Wildman–Crippen LogP) is 3.87. The number of hydrogen-bond donors (Lipinski definition) is 1. The molecule has 1 saturated carbocycles. The monoisotopic (exact) mass is 439 g/mol. The second-order valence-electron chi connectivity index (χ2n) is 7.13. The summed E-state index contributed by atoms with van der Waals surface area (Å²) in [6, 6.07) is 8.85. The number of halogens is 2. The SMILES string of the molecule is CS(=O)(=O)C1CCCC(Nc2ccc3nnc(-c4cc(Cl)cc(Cl)c4)n3n2)C1. The van der Waals surface area contributed by atoms with E-state index < -0.39 is 9.84 Å². The van der Waals surface area contributed by atoms with Gasteiger partial charge in [-0.05, 0) is 49.6 Å². The lowest BCUT2D eigenvalue weighted by Gasteiger charge is -2.28. The summed E-state index contributed by atoms with van der Waals surface area (Å²) >= 11 is 12.2. The number of nitrogens with zero attached hydrogens (tertiary/aromatic N) is 4. The number of rotatable bonds is 4. The van der Waals surface area contributed by atoms with Gasteiger partial charge in [0.25, 0.3) is 0 Å². The Bertz CT molecular complexity index is 1110. The number of anilines is 1. The molecular formula is C18H19Cl2N5O2S. The summed E-state index contributed by atoms with van der Waals surface area (Å²) < 4.78 is 25.4. The quantitative estimate of drug-likeness (QED) is 0.663. The van der Waals surface area contributed by atoms with E-state index in [1.54, 1.807) is 22.7 Å². The first kappa shape index (κ1) is 19.4. The molecule has 1 aromatic carbocycles. The maximum absolute atomic E-state index is 11.9. The third-order valence-corrected chi connectivity index (χ3v) is 7.04. The molecule has 10 heteroatoms. The molecule has 148 valence electrons. The summed E-state index contributed by atoms with van der Waals surface area (Å²) in [5.74, 6) is 1.17. The highest BCUT2D eigenvalue weighted by Gasteiger charge is 2.29. The molecule has 7 nitrogen and oxygen atoms in total. The molecule has 2 heterocycles. The maximum Gasteiger partial charge on any atom is 0.185 e. The molecule has 0 bridgehead atoms. The van der Waals surface area contributed by atoms with E-state index in [-0.39, 0.29) is 11.3 Å². The Morgan fingerprint density at radius 3 is 2.57 bits per heavy atom. The van der Waals surface area contributed by atoms with Crippen molar-refractivity contribution in [3.63, 3.8) is 0 Å². The van der Waals surface area contributed by atoms with E-state index in [9.17, 15) is 8.42 Å². The average Bonchev–Trinajstić information content (AvgIpc) is 3.04. The van der Waals surface area contributed by atoms with Crippen LogP contribution in [0.4, 0.5) is 5.82 Å². The third-order valence-electron chi connectivity index (χ3n) is 4.97. The van der Waals surface area contributed by atoms with Gasteiger partial charge in [0.1, 0.15) is 15.7 Å². The first-order valence-electron chi connectivity index (χ1n) is 8.94. The topological polar surface area (TPSA) is 89.2 Å². The van der Waals surface area contributed by atoms with Crippen LogP contribution in [0, 0.1) is 0 Å². The van der Waals surface area contributed by atoms with Gasteiger partial charge in [-0.15, -0.1) is 15.3 Å². The maximum atomic E-state index is 11.9. The van der Waals surface area contributed by atoms with E-state index >= 15 is 0 Å². The fourth-order valence-corrected chi connectivity index (χ4v) is 5.31. The minimum absolute atomic E-state index is 0.0546. The molecule has 0 amide bonds. The molecule has 0 radical (unpaired) electrons. The van der Waals surface area contributed by atoms with E-state index in [0.29, 0.717) is 45.7 Å². The lowest BCUT2D eigenvalue weighted by Crippen LogP contribution is -2.34. The van der Waals surface area contributed by atoms with Crippen LogP contribution in [0.15, 0.2) is 30.3 Å². The van der Waals surface area contributed by atoms with Crippen molar-refractivity contribution in [2.45, 2.75) is 37.0 Å². The van der Waals surface area contributed by atoms with Gasteiger partial charge in [-0.3, -0.25) is 0 Å². The van der Waals surface area contributed by atoms with E-state index in [4.69, 9.17) is 23.2 Å². The van der Waals surface area contributed by atoms with Gasteiger partial charge in [0.15, 0.2) is 11.5 Å². The summed E-state index contributed by atoms with van der Waals surface area (Å²) in [5.41, 5.74) is 1.30. The standard InChI is InChI=1S/C18H19Cl2N5O2S/c1-28(26,27)15-4-2-3-14(10-15)21-16-5-6-17-22-23-18(25(17)24-16)11-7-12(19)9-13(20)8-11/h5-9,14-15H,2-4,10H2,1H3,(H,21,24). The smallest absolute Gasteiger partial charge is 0.185 e. The zero-order valence-electron chi connectivity index (χ0n) is 15.1. The Labute approximate surface area is 173 Å². The normalized spacial score (nSPS) is 20.4. The molecule has 1 N–H and O–H groups in total. The second kappa shape index (κ2) is 7.50. The van der Waals surface area contributed by atoms with E-state index in [1.165, 1.54) is 6.26 Å². The highest BCUT2D eigenvalue weighted by atomic mass is 35.5. The second-order valence-corrected chi connectivity index (χ2v) is 10.3. The van der Waals surface area contributed by atoms with Crippen molar-refractivity contribution >= 4 is 44.5 Å². The Morgan fingerprint density at radius 2 is 1.86 bits per heavy atom. The molecular weight excluding hydrogens is 421 g/mol.